The number of carbonyl (C=O) groups excluding carboxylic acids is 1. The molecule has 1 saturated heterocycles. The lowest BCUT2D eigenvalue weighted by Gasteiger charge is -2.05. The maximum atomic E-state index is 11.5. The van der Waals surface area contributed by atoms with E-state index in [1.807, 2.05) is 0 Å². The molecular weight excluding hydrogens is 238 g/mol. The molecule has 1 aromatic rings. The molecule has 0 aliphatic carbocycles. The lowest BCUT2D eigenvalue weighted by molar-refractivity contribution is -0.384. The number of nitro groups is 1. The van der Waals surface area contributed by atoms with Gasteiger partial charge in [0, 0.05) is 12.1 Å². The Labute approximate surface area is 104 Å². The maximum absolute atomic E-state index is 11.5. The SMILES string of the molecule is CC(C)OC(=O)[C@H]1O[C@@H]1c1ccc([N+](=O)[O-])cc1. The summed E-state index contributed by atoms with van der Waals surface area (Å²) in [6, 6.07) is 5.96. The van der Waals surface area contributed by atoms with Crippen molar-refractivity contribution in [2.24, 2.45) is 0 Å². The van der Waals surface area contributed by atoms with Crippen LogP contribution in [0.3, 0.4) is 0 Å². The lowest BCUT2D eigenvalue weighted by atomic mass is 10.1. The number of hydrogen-bond acceptors (Lipinski definition) is 5. The summed E-state index contributed by atoms with van der Waals surface area (Å²) in [7, 11) is 0. The van der Waals surface area contributed by atoms with Crippen molar-refractivity contribution < 1.29 is 19.2 Å². The summed E-state index contributed by atoms with van der Waals surface area (Å²) in [4.78, 5) is 21.5. The molecule has 0 bridgehead atoms. The predicted molar refractivity (Wildman–Crippen MR) is 61.9 cm³/mol. The normalized spacial score (nSPS) is 21.7. The highest BCUT2D eigenvalue weighted by Gasteiger charge is 2.47. The van der Waals surface area contributed by atoms with Gasteiger partial charge in [-0.2, -0.15) is 0 Å². The summed E-state index contributed by atoms with van der Waals surface area (Å²) in [5.41, 5.74) is 0.756. The zero-order valence-corrected chi connectivity index (χ0v) is 10.0. The van der Waals surface area contributed by atoms with E-state index in [0.717, 1.165) is 5.56 Å². The molecule has 0 aromatic heterocycles. The van der Waals surface area contributed by atoms with Gasteiger partial charge in [-0.3, -0.25) is 10.1 Å². The van der Waals surface area contributed by atoms with Crippen LogP contribution in [0.2, 0.25) is 0 Å². The standard InChI is InChI=1S/C12H13NO5/c1-7(2)17-12(14)11-10(18-11)8-3-5-9(6-4-8)13(15)16/h3-7,10-11H,1-2H3/t10-,11+/m1/s1. The number of hydrogen-bond donors (Lipinski definition) is 0. The van der Waals surface area contributed by atoms with Crippen LogP contribution >= 0.6 is 0 Å². The van der Waals surface area contributed by atoms with Gasteiger partial charge in [0.1, 0.15) is 6.10 Å². The minimum Gasteiger partial charge on any atom is -0.461 e. The van der Waals surface area contributed by atoms with Gasteiger partial charge in [-0.25, -0.2) is 4.79 Å². The van der Waals surface area contributed by atoms with E-state index >= 15 is 0 Å². The molecule has 0 saturated carbocycles. The Hall–Kier alpha value is -1.95. The van der Waals surface area contributed by atoms with Gasteiger partial charge in [0.25, 0.3) is 5.69 Å². The molecule has 18 heavy (non-hydrogen) atoms. The first kappa shape index (κ1) is 12.5. The topological polar surface area (TPSA) is 82.0 Å². The van der Waals surface area contributed by atoms with Crippen molar-refractivity contribution in [2.75, 3.05) is 0 Å². The first-order chi connectivity index (χ1) is 8.49. The van der Waals surface area contributed by atoms with Gasteiger partial charge >= 0.3 is 5.97 Å². The molecule has 1 aliphatic rings. The second kappa shape index (κ2) is 4.73. The molecule has 2 atom stereocenters. The van der Waals surface area contributed by atoms with Crippen LogP contribution in [0.1, 0.15) is 25.5 Å². The summed E-state index contributed by atoms with van der Waals surface area (Å²) in [5.74, 6) is -0.395. The molecule has 0 N–H and O–H groups in total. The summed E-state index contributed by atoms with van der Waals surface area (Å²) in [6.07, 6.45) is -1.12. The molecule has 1 heterocycles. The van der Waals surface area contributed by atoms with Crippen molar-refractivity contribution in [1.29, 1.82) is 0 Å². The number of nitro benzene ring substituents is 1. The molecule has 1 fully saturated rings. The van der Waals surface area contributed by atoms with Crippen LogP contribution in [0, 0.1) is 10.1 Å². The predicted octanol–water partition coefficient (Wildman–Crippen LogP) is 1.99. The van der Waals surface area contributed by atoms with E-state index in [2.05, 4.69) is 0 Å². The smallest absolute Gasteiger partial charge is 0.338 e. The van der Waals surface area contributed by atoms with Crippen molar-refractivity contribution in [3.05, 3.63) is 39.9 Å². The average Bonchev–Trinajstić information content (AvgIpc) is 3.08. The van der Waals surface area contributed by atoms with Gasteiger partial charge in [0.2, 0.25) is 0 Å². The Morgan fingerprint density at radius 2 is 2.00 bits per heavy atom. The van der Waals surface area contributed by atoms with Gasteiger partial charge in [-0.05, 0) is 31.5 Å². The molecule has 0 amide bonds. The van der Waals surface area contributed by atoms with Gasteiger partial charge in [-0.1, -0.05) is 0 Å². The number of esters is 1. The number of benzene rings is 1. The van der Waals surface area contributed by atoms with Crippen molar-refractivity contribution in [3.8, 4) is 0 Å². The van der Waals surface area contributed by atoms with Gasteiger partial charge in [0.15, 0.2) is 6.10 Å². The first-order valence-electron chi connectivity index (χ1n) is 5.59. The lowest BCUT2D eigenvalue weighted by Crippen LogP contribution is -2.17. The van der Waals surface area contributed by atoms with Crippen molar-refractivity contribution in [1.82, 2.24) is 0 Å². The highest BCUT2D eigenvalue weighted by molar-refractivity contribution is 5.78. The van der Waals surface area contributed by atoms with E-state index in [-0.39, 0.29) is 17.9 Å². The molecule has 6 heteroatoms. The molecule has 1 aliphatic heterocycles. The second-order valence-electron chi connectivity index (χ2n) is 4.31. The molecule has 0 unspecified atom stereocenters. The Kier molecular flexibility index (Phi) is 3.29. The zero-order chi connectivity index (χ0) is 13.3. The first-order valence-corrected chi connectivity index (χ1v) is 5.59. The third-order valence-corrected chi connectivity index (χ3v) is 2.51. The third kappa shape index (κ3) is 2.65. The molecule has 2 rings (SSSR count). The van der Waals surface area contributed by atoms with E-state index in [4.69, 9.17) is 9.47 Å². The van der Waals surface area contributed by atoms with Gasteiger partial charge in [0.05, 0.1) is 11.0 Å². The van der Waals surface area contributed by atoms with Crippen LogP contribution in [0.5, 0.6) is 0 Å². The highest BCUT2D eigenvalue weighted by atomic mass is 16.6. The number of rotatable bonds is 4. The zero-order valence-electron chi connectivity index (χ0n) is 10.0. The maximum Gasteiger partial charge on any atom is 0.338 e. The monoisotopic (exact) mass is 251 g/mol. The minimum absolute atomic E-state index is 0.0145. The van der Waals surface area contributed by atoms with Crippen LogP contribution in [0.15, 0.2) is 24.3 Å². The van der Waals surface area contributed by atoms with Crippen LogP contribution in [0.25, 0.3) is 0 Å². The van der Waals surface area contributed by atoms with E-state index in [1.165, 1.54) is 12.1 Å². The van der Waals surface area contributed by atoms with Gasteiger partial charge in [-0.15, -0.1) is 0 Å². The Morgan fingerprint density at radius 3 is 2.50 bits per heavy atom. The fraction of sp³-hybridized carbons (Fsp3) is 0.417. The minimum atomic E-state index is -0.589. The Bertz CT molecular complexity index is 468. The number of non-ortho nitro benzene ring substituents is 1. The molecular formula is C12H13NO5. The highest BCUT2D eigenvalue weighted by Crippen LogP contribution is 2.40. The number of epoxide rings is 1. The number of carbonyl (C=O) groups is 1. The third-order valence-electron chi connectivity index (χ3n) is 2.51. The summed E-state index contributed by atoms with van der Waals surface area (Å²) >= 11 is 0. The van der Waals surface area contributed by atoms with Gasteiger partial charge < -0.3 is 9.47 Å². The van der Waals surface area contributed by atoms with Crippen LogP contribution in [-0.2, 0) is 14.3 Å². The van der Waals surface area contributed by atoms with E-state index in [0.29, 0.717) is 0 Å². The van der Waals surface area contributed by atoms with E-state index in [1.54, 1.807) is 26.0 Å². The molecule has 1 aromatic carbocycles. The summed E-state index contributed by atoms with van der Waals surface area (Å²) in [6.45, 7) is 3.53. The number of nitrogens with zero attached hydrogens (tertiary/aromatic N) is 1. The molecule has 0 radical (unpaired) electrons. The van der Waals surface area contributed by atoms with Crippen molar-refractivity contribution >= 4 is 11.7 Å². The molecule has 6 nitrogen and oxygen atoms in total. The van der Waals surface area contributed by atoms with Crippen LogP contribution in [-0.4, -0.2) is 23.1 Å². The fourth-order valence-corrected chi connectivity index (χ4v) is 1.63. The van der Waals surface area contributed by atoms with Crippen LogP contribution < -0.4 is 0 Å². The largest absolute Gasteiger partial charge is 0.461 e. The summed E-state index contributed by atoms with van der Waals surface area (Å²) < 4.78 is 10.2. The Balaban J connectivity index is 1.99. The quantitative estimate of drug-likeness (QED) is 0.353. The van der Waals surface area contributed by atoms with Crippen molar-refractivity contribution in [2.45, 2.75) is 32.2 Å². The average molecular weight is 251 g/mol. The molecule has 96 valence electrons. The Morgan fingerprint density at radius 1 is 1.39 bits per heavy atom. The second-order valence-corrected chi connectivity index (χ2v) is 4.31. The van der Waals surface area contributed by atoms with E-state index < -0.39 is 17.0 Å². The molecule has 0 spiro atoms. The fourth-order valence-electron chi connectivity index (χ4n) is 1.63. The van der Waals surface area contributed by atoms with Crippen LogP contribution in [0.4, 0.5) is 5.69 Å². The number of ether oxygens (including phenoxy) is 2. The summed E-state index contributed by atoms with van der Waals surface area (Å²) in [5, 5.41) is 10.5. The van der Waals surface area contributed by atoms with E-state index in [9.17, 15) is 14.9 Å². The van der Waals surface area contributed by atoms with Crippen molar-refractivity contribution in [3.63, 3.8) is 0 Å².